The highest BCUT2D eigenvalue weighted by atomic mass is 35.5. The van der Waals surface area contributed by atoms with Crippen LogP contribution in [0.1, 0.15) is 51.9 Å². The second-order valence-electron chi connectivity index (χ2n) is 5.51. The second-order valence-corrected chi connectivity index (χ2v) is 7.08. The SMILES string of the molecule is CCSC1CCCC(NC(=O)CC2CCCN2)C1.Cl. The molecule has 0 bridgehead atoms. The van der Waals surface area contributed by atoms with Crippen molar-refractivity contribution in [2.45, 2.75) is 69.2 Å². The van der Waals surface area contributed by atoms with Crippen LogP contribution in [0.3, 0.4) is 0 Å². The highest BCUT2D eigenvalue weighted by molar-refractivity contribution is 7.99. The summed E-state index contributed by atoms with van der Waals surface area (Å²) in [6.07, 6.45) is 7.98. The zero-order valence-corrected chi connectivity index (χ0v) is 13.5. The number of carbonyl (C=O) groups excluding carboxylic acids is 1. The average Bonchev–Trinajstić information content (AvgIpc) is 2.82. The van der Waals surface area contributed by atoms with Crippen LogP contribution in [-0.2, 0) is 4.79 Å². The molecular weight excluding hydrogens is 280 g/mol. The first-order chi connectivity index (χ1) is 8.78. The standard InChI is InChI=1S/C14H26N2OS.ClH/c1-2-18-13-7-3-5-12(9-13)16-14(17)10-11-6-4-8-15-11;/h11-13,15H,2-10H2,1H3,(H,16,17);1H. The summed E-state index contributed by atoms with van der Waals surface area (Å²) in [5.41, 5.74) is 0. The van der Waals surface area contributed by atoms with E-state index in [1.807, 2.05) is 0 Å². The second kappa shape index (κ2) is 9.09. The average molecular weight is 307 g/mol. The molecule has 1 saturated carbocycles. The fourth-order valence-electron chi connectivity index (χ4n) is 3.10. The normalized spacial score (nSPS) is 30.7. The van der Waals surface area contributed by atoms with Gasteiger partial charge >= 0.3 is 0 Å². The van der Waals surface area contributed by atoms with E-state index in [2.05, 4.69) is 29.3 Å². The van der Waals surface area contributed by atoms with E-state index in [4.69, 9.17) is 0 Å². The molecule has 2 aliphatic rings. The van der Waals surface area contributed by atoms with Crippen LogP contribution in [0.4, 0.5) is 0 Å². The summed E-state index contributed by atoms with van der Waals surface area (Å²) in [6.45, 7) is 3.30. The van der Waals surface area contributed by atoms with Crippen molar-refractivity contribution in [3.63, 3.8) is 0 Å². The number of nitrogens with one attached hydrogen (secondary N) is 2. The molecule has 2 rings (SSSR count). The highest BCUT2D eigenvalue weighted by Crippen LogP contribution is 2.28. The maximum Gasteiger partial charge on any atom is 0.221 e. The molecule has 1 amide bonds. The van der Waals surface area contributed by atoms with Gasteiger partial charge in [-0.05, 0) is 44.4 Å². The van der Waals surface area contributed by atoms with E-state index in [1.54, 1.807) is 0 Å². The number of amides is 1. The topological polar surface area (TPSA) is 41.1 Å². The van der Waals surface area contributed by atoms with Crippen molar-refractivity contribution in [3.05, 3.63) is 0 Å². The number of halogens is 1. The van der Waals surface area contributed by atoms with Crippen LogP contribution in [0.2, 0.25) is 0 Å². The molecule has 0 aromatic rings. The zero-order chi connectivity index (χ0) is 12.8. The largest absolute Gasteiger partial charge is 0.353 e. The molecule has 19 heavy (non-hydrogen) atoms. The lowest BCUT2D eigenvalue weighted by atomic mass is 9.94. The molecule has 0 aromatic heterocycles. The van der Waals surface area contributed by atoms with Gasteiger partial charge in [0.25, 0.3) is 0 Å². The first kappa shape index (κ1) is 17.1. The van der Waals surface area contributed by atoms with E-state index in [9.17, 15) is 4.79 Å². The molecule has 2 N–H and O–H groups in total. The van der Waals surface area contributed by atoms with Gasteiger partial charge in [0.2, 0.25) is 5.91 Å². The number of carbonyl (C=O) groups is 1. The molecule has 3 unspecified atom stereocenters. The minimum Gasteiger partial charge on any atom is -0.353 e. The van der Waals surface area contributed by atoms with Gasteiger partial charge in [-0.15, -0.1) is 12.4 Å². The molecule has 3 nitrogen and oxygen atoms in total. The molecule has 1 aliphatic carbocycles. The number of hydrogen-bond donors (Lipinski definition) is 2. The lowest BCUT2D eigenvalue weighted by Crippen LogP contribution is -2.41. The van der Waals surface area contributed by atoms with Gasteiger partial charge in [0.15, 0.2) is 0 Å². The molecule has 0 spiro atoms. The van der Waals surface area contributed by atoms with Gasteiger partial charge in [-0.1, -0.05) is 13.3 Å². The Bertz CT molecular complexity index is 270. The van der Waals surface area contributed by atoms with E-state index in [1.165, 1.54) is 37.9 Å². The summed E-state index contributed by atoms with van der Waals surface area (Å²) >= 11 is 2.05. The van der Waals surface area contributed by atoms with Crippen LogP contribution in [0, 0.1) is 0 Å². The predicted octanol–water partition coefficient (Wildman–Crippen LogP) is 2.73. The molecule has 5 heteroatoms. The molecule has 0 radical (unpaired) electrons. The van der Waals surface area contributed by atoms with Gasteiger partial charge < -0.3 is 10.6 Å². The minimum absolute atomic E-state index is 0. The van der Waals surface area contributed by atoms with Crippen molar-refractivity contribution in [1.29, 1.82) is 0 Å². The van der Waals surface area contributed by atoms with Crippen LogP contribution in [0.5, 0.6) is 0 Å². The Morgan fingerprint density at radius 3 is 2.84 bits per heavy atom. The van der Waals surface area contributed by atoms with E-state index in [0.29, 0.717) is 18.5 Å². The summed E-state index contributed by atoms with van der Waals surface area (Å²) < 4.78 is 0. The molecule has 3 atom stereocenters. The van der Waals surface area contributed by atoms with Crippen molar-refractivity contribution in [3.8, 4) is 0 Å². The highest BCUT2D eigenvalue weighted by Gasteiger charge is 2.24. The van der Waals surface area contributed by atoms with Crippen molar-refractivity contribution < 1.29 is 4.79 Å². The molecule has 112 valence electrons. The Morgan fingerprint density at radius 1 is 1.32 bits per heavy atom. The Balaban J connectivity index is 0.00000180. The Morgan fingerprint density at radius 2 is 2.16 bits per heavy atom. The van der Waals surface area contributed by atoms with Gasteiger partial charge in [-0.3, -0.25) is 4.79 Å². The van der Waals surface area contributed by atoms with Gasteiger partial charge in [-0.2, -0.15) is 11.8 Å². The quantitative estimate of drug-likeness (QED) is 0.820. The number of hydrogen-bond acceptors (Lipinski definition) is 3. The third-order valence-corrected chi connectivity index (χ3v) is 5.22. The molecule has 1 saturated heterocycles. The predicted molar refractivity (Wildman–Crippen MR) is 85.2 cm³/mol. The Labute approximate surface area is 127 Å². The van der Waals surface area contributed by atoms with Crippen LogP contribution in [0.15, 0.2) is 0 Å². The van der Waals surface area contributed by atoms with Crippen LogP contribution in [-0.4, -0.2) is 35.5 Å². The third kappa shape index (κ3) is 5.92. The molecule has 1 aliphatic heterocycles. The van der Waals surface area contributed by atoms with E-state index in [0.717, 1.165) is 18.2 Å². The van der Waals surface area contributed by atoms with E-state index in [-0.39, 0.29) is 18.3 Å². The van der Waals surface area contributed by atoms with Crippen LogP contribution in [0.25, 0.3) is 0 Å². The monoisotopic (exact) mass is 306 g/mol. The molecule has 2 fully saturated rings. The van der Waals surface area contributed by atoms with Crippen molar-refractivity contribution in [1.82, 2.24) is 10.6 Å². The maximum atomic E-state index is 12.0. The van der Waals surface area contributed by atoms with Crippen molar-refractivity contribution in [2.75, 3.05) is 12.3 Å². The lowest BCUT2D eigenvalue weighted by molar-refractivity contribution is -0.122. The fraction of sp³-hybridized carbons (Fsp3) is 0.929. The summed E-state index contributed by atoms with van der Waals surface area (Å²) in [7, 11) is 0. The third-order valence-electron chi connectivity index (χ3n) is 3.99. The summed E-state index contributed by atoms with van der Waals surface area (Å²) in [5, 5.41) is 7.39. The van der Waals surface area contributed by atoms with Gasteiger partial charge in [0, 0.05) is 23.8 Å². The zero-order valence-electron chi connectivity index (χ0n) is 11.8. The van der Waals surface area contributed by atoms with Gasteiger partial charge in [0.05, 0.1) is 0 Å². The summed E-state index contributed by atoms with van der Waals surface area (Å²) in [6, 6.07) is 0.853. The Kier molecular flexibility index (Phi) is 8.19. The first-order valence-electron chi connectivity index (χ1n) is 7.42. The number of rotatable bonds is 5. The fourth-order valence-corrected chi connectivity index (χ4v) is 4.28. The van der Waals surface area contributed by atoms with E-state index >= 15 is 0 Å². The smallest absolute Gasteiger partial charge is 0.221 e. The molecule has 0 aromatic carbocycles. The summed E-state index contributed by atoms with van der Waals surface area (Å²) in [4.78, 5) is 12.0. The lowest BCUT2D eigenvalue weighted by Gasteiger charge is -2.29. The van der Waals surface area contributed by atoms with Crippen LogP contribution >= 0.6 is 24.2 Å². The maximum absolute atomic E-state index is 12.0. The van der Waals surface area contributed by atoms with Crippen LogP contribution < -0.4 is 10.6 Å². The van der Waals surface area contributed by atoms with Gasteiger partial charge in [-0.25, -0.2) is 0 Å². The summed E-state index contributed by atoms with van der Waals surface area (Å²) in [5.74, 6) is 1.44. The first-order valence-corrected chi connectivity index (χ1v) is 8.47. The minimum atomic E-state index is 0. The number of thioether (sulfide) groups is 1. The molecular formula is C14H27ClN2OS. The van der Waals surface area contributed by atoms with Crippen molar-refractivity contribution >= 4 is 30.1 Å². The van der Waals surface area contributed by atoms with Gasteiger partial charge in [0.1, 0.15) is 0 Å². The van der Waals surface area contributed by atoms with E-state index < -0.39 is 0 Å². The molecule has 1 heterocycles. The Hall–Kier alpha value is 0.0700. The van der Waals surface area contributed by atoms with Crippen molar-refractivity contribution in [2.24, 2.45) is 0 Å².